The second-order valence-electron chi connectivity index (χ2n) is 3.03. The molecular weight excluding hydrogens is 176 g/mol. The van der Waals surface area contributed by atoms with E-state index in [0.29, 0.717) is 5.92 Å². The number of hydrogen-bond donors (Lipinski definition) is 0. The van der Waals surface area contributed by atoms with Crippen molar-refractivity contribution in [3.63, 3.8) is 0 Å². The highest BCUT2D eigenvalue weighted by molar-refractivity contribution is 7.99. The molecule has 0 aliphatic rings. The van der Waals surface area contributed by atoms with Crippen molar-refractivity contribution >= 4 is 11.8 Å². The van der Waals surface area contributed by atoms with Crippen LogP contribution in [0.2, 0.25) is 0 Å². The van der Waals surface area contributed by atoms with Crippen molar-refractivity contribution in [3.8, 4) is 0 Å². The number of rotatable bonds is 4. The molecule has 13 heavy (non-hydrogen) atoms. The summed E-state index contributed by atoms with van der Waals surface area (Å²) >= 11 is 1.88. The quantitative estimate of drug-likeness (QED) is 0.511. The van der Waals surface area contributed by atoms with Crippen LogP contribution in [0.25, 0.3) is 0 Å². The van der Waals surface area contributed by atoms with Gasteiger partial charge in [0.1, 0.15) is 0 Å². The van der Waals surface area contributed by atoms with Crippen LogP contribution in [0.1, 0.15) is 25.3 Å². The Morgan fingerprint density at radius 3 is 2.92 bits per heavy atom. The van der Waals surface area contributed by atoms with E-state index in [9.17, 15) is 0 Å². The van der Waals surface area contributed by atoms with Crippen molar-refractivity contribution < 1.29 is 0 Å². The summed E-state index contributed by atoms with van der Waals surface area (Å²) in [6.45, 7) is 8.15. The monoisotopic (exact) mass is 192 g/mol. The van der Waals surface area contributed by atoms with E-state index in [1.165, 1.54) is 10.5 Å². The summed E-state index contributed by atoms with van der Waals surface area (Å²) in [4.78, 5) is 1.36. The third-order valence-electron chi connectivity index (χ3n) is 2.05. The average molecular weight is 192 g/mol. The van der Waals surface area contributed by atoms with E-state index in [4.69, 9.17) is 0 Å². The zero-order valence-corrected chi connectivity index (χ0v) is 9.10. The summed E-state index contributed by atoms with van der Waals surface area (Å²) in [5.41, 5.74) is 1.36. The predicted molar refractivity (Wildman–Crippen MR) is 61.5 cm³/mol. The standard InChI is InChI=1S/C12H16S/c1-4-10(3)11-7-6-8-12(9-11)13-5-2/h4,6-10H,1,5H2,2-3H3. The molecule has 1 unspecified atom stereocenters. The van der Waals surface area contributed by atoms with Gasteiger partial charge in [-0.3, -0.25) is 0 Å². The van der Waals surface area contributed by atoms with Crippen LogP contribution in [-0.4, -0.2) is 5.75 Å². The molecule has 1 aromatic carbocycles. The van der Waals surface area contributed by atoms with Crippen molar-refractivity contribution in [1.82, 2.24) is 0 Å². The Balaban J connectivity index is 2.84. The Morgan fingerprint density at radius 1 is 1.54 bits per heavy atom. The molecule has 0 N–H and O–H groups in total. The van der Waals surface area contributed by atoms with Crippen molar-refractivity contribution in [2.24, 2.45) is 0 Å². The van der Waals surface area contributed by atoms with Crippen LogP contribution in [0.5, 0.6) is 0 Å². The Labute approximate surface area is 85.1 Å². The molecule has 0 bridgehead atoms. The summed E-state index contributed by atoms with van der Waals surface area (Å²) in [6.07, 6.45) is 1.98. The Bertz CT molecular complexity index is 278. The first-order chi connectivity index (χ1) is 6.27. The zero-order chi connectivity index (χ0) is 9.68. The summed E-state index contributed by atoms with van der Waals surface area (Å²) < 4.78 is 0. The highest BCUT2D eigenvalue weighted by atomic mass is 32.2. The summed E-state index contributed by atoms with van der Waals surface area (Å²) in [5.74, 6) is 1.59. The molecule has 1 rings (SSSR count). The minimum atomic E-state index is 0.456. The summed E-state index contributed by atoms with van der Waals surface area (Å²) in [7, 11) is 0. The van der Waals surface area contributed by atoms with Gasteiger partial charge < -0.3 is 0 Å². The fourth-order valence-corrected chi connectivity index (χ4v) is 1.92. The smallest absolute Gasteiger partial charge is 0.00747 e. The van der Waals surface area contributed by atoms with Gasteiger partial charge in [0.2, 0.25) is 0 Å². The van der Waals surface area contributed by atoms with Crippen LogP contribution in [-0.2, 0) is 0 Å². The van der Waals surface area contributed by atoms with Gasteiger partial charge in [0.05, 0.1) is 0 Å². The number of hydrogen-bond acceptors (Lipinski definition) is 1. The van der Waals surface area contributed by atoms with Gasteiger partial charge in [-0.15, -0.1) is 18.3 Å². The molecule has 0 heterocycles. The van der Waals surface area contributed by atoms with Crippen molar-refractivity contribution in [2.45, 2.75) is 24.7 Å². The van der Waals surface area contributed by atoms with Crippen LogP contribution in [0.3, 0.4) is 0 Å². The SMILES string of the molecule is C=CC(C)c1cccc(SCC)c1. The van der Waals surface area contributed by atoms with Gasteiger partial charge in [0.15, 0.2) is 0 Å². The minimum absolute atomic E-state index is 0.456. The lowest BCUT2D eigenvalue weighted by Crippen LogP contribution is -1.88. The molecule has 0 saturated carbocycles. The molecular formula is C12H16S. The van der Waals surface area contributed by atoms with Crippen molar-refractivity contribution in [2.75, 3.05) is 5.75 Å². The van der Waals surface area contributed by atoms with E-state index in [0.717, 1.165) is 5.75 Å². The van der Waals surface area contributed by atoms with Gasteiger partial charge in [-0.2, -0.15) is 0 Å². The Kier molecular flexibility index (Phi) is 4.10. The maximum absolute atomic E-state index is 3.81. The lowest BCUT2D eigenvalue weighted by Gasteiger charge is -2.07. The number of thioether (sulfide) groups is 1. The van der Waals surface area contributed by atoms with Crippen LogP contribution in [0, 0.1) is 0 Å². The first-order valence-corrected chi connectivity index (χ1v) is 5.61. The van der Waals surface area contributed by atoms with Gasteiger partial charge in [-0.05, 0) is 29.4 Å². The first kappa shape index (κ1) is 10.4. The molecule has 1 aromatic rings. The fourth-order valence-electron chi connectivity index (χ4n) is 1.19. The van der Waals surface area contributed by atoms with E-state index in [1.54, 1.807) is 0 Å². The molecule has 0 saturated heterocycles. The molecule has 1 atom stereocenters. The van der Waals surface area contributed by atoms with Gasteiger partial charge in [0, 0.05) is 4.90 Å². The van der Waals surface area contributed by atoms with Gasteiger partial charge in [-0.25, -0.2) is 0 Å². The lowest BCUT2D eigenvalue weighted by molar-refractivity contribution is 0.964. The molecule has 1 heteroatoms. The Hall–Kier alpha value is -0.690. The van der Waals surface area contributed by atoms with Crippen molar-refractivity contribution in [3.05, 3.63) is 42.5 Å². The van der Waals surface area contributed by atoms with Crippen molar-refractivity contribution in [1.29, 1.82) is 0 Å². The summed E-state index contributed by atoms with van der Waals surface area (Å²) in [5, 5.41) is 0. The molecule has 0 radical (unpaired) electrons. The normalized spacial score (nSPS) is 12.5. The first-order valence-electron chi connectivity index (χ1n) is 4.63. The van der Waals surface area contributed by atoms with Gasteiger partial charge >= 0.3 is 0 Å². The third-order valence-corrected chi connectivity index (χ3v) is 2.92. The third kappa shape index (κ3) is 2.92. The maximum Gasteiger partial charge on any atom is 0.00747 e. The molecule has 0 aliphatic heterocycles. The topological polar surface area (TPSA) is 0 Å². The molecule has 0 aromatic heterocycles. The number of allylic oxidation sites excluding steroid dienone is 1. The van der Waals surface area contributed by atoms with Crippen LogP contribution < -0.4 is 0 Å². The van der Waals surface area contributed by atoms with E-state index >= 15 is 0 Å². The predicted octanol–water partition coefficient (Wildman–Crippen LogP) is 4.09. The highest BCUT2D eigenvalue weighted by Gasteiger charge is 2.00. The van der Waals surface area contributed by atoms with E-state index in [2.05, 4.69) is 44.7 Å². The Morgan fingerprint density at radius 2 is 2.31 bits per heavy atom. The molecule has 0 amide bonds. The van der Waals surface area contributed by atoms with Gasteiger partial charge in [0.25, 0.3) is 0 Å². The maximum atomic E-state index is 3.81. The lowest BCUT2D eigenvalue weighted by atomic mass is 10.0. The van der Waals surface area contributed by atoms with E-state index < -0.39 is 0 Å². The molecule has 70 valence electrons. The van der Waals surface area contributed by atoms with Crippen LogP contribution in [0.4, 0.5) is 0 Å². The van der Waals surface area contributed by atoms with E-state index in [1.807, 2.05) is 17.8 Å². The molecule has 0 spiro atoms. The van der Waals surface area contributed by atoms with Gasteiger partial charge in [-0.1, -0.05) is 32.1 Å². The number of benzene rings is 1. The van der Waals surface area contributed by atoms with E-state index in [-0.39, 0.29) is 0 Å². The molecule has 0 fully saturated rings. The highest BCUT2D eigenvalue weighted by Crippen LogP contribution is 2.23. The minimum Gasteiger partial charge on any atom is -0.126 e. The molecule has 0 aliphatic carbocycles. The molecule has 0 nitrogen and oxygen atoms in total. The van der Waals surface area contributed by atoms with Crippen LogP contribution >= 0.6 is 11.8 Å². The largest absolute Gasteiger partial charge is 0.126 e. The average Bonchev–Trinajstić information content (AvgIpc) is 2.18. The second-order valence-corrected chi connectivity index (χ2v) is 4.37. The fraction of sp³-hybridized carbons (Fsp3) is 0.333. The second kappa shape index (κ2) is 5.13. The zero-order valence-electron chi connectivity index (χ0n) is 8.29. The summed E-state index contributed by atoms with van der Waals surface area (Å²) in [6, 6.07) is 8.69. The van der Waals surface area contributed by atoms with Crippen LogP contribution in [0.15, 0.2) is 41.8 Å².